The number of halogens is 3. The zero-order valence-electron chi connectivity index (χ0n) is 12.6. The van der Waals surface area contributed by atoms with Gasteiger partial charge in [-0.2, -0.15) is 13.2 Å². The van der Waals surface area contributed by atoms with Gasteiger partial charge in [0.2, 0.25) is 0 Å². The number of alkyl halides is 3. The van der Waals surface area contributed by atoms with Gasteiger partial charge in [0, 0.05) is 25.2 Å². The van der Waals surface area contributed by atoms with Crippen molar-refractivity contribution in [2.75, 3.05) is 11.9 Å². The molecule has 0 N–H and O–H groups in total. The van der Waals surface area contributed by atoms with E-state index in [0.717, 1.165) is 18.2 Å². The zero-order valence-corrected chi connectivity index (χ0v) is 12.6. The summed E-state index contributed by atoms with van der Waals surface area (Å²) in [7, 11) is 1.58. The number of benzene rings is 2. The number of nitro benzene ring substituents is 1. The van der Waals surface area contributed by atoms with E-state index in [1.165, 1.54) is 29.2 Å². The number of anilines is 1. The maximum absolute atomic E-state index is 12.5. The first-order valence-electron chi connectivity index (χ1n) is 6.83. The summed E-state index contributed by atoms with van der Waals surface area (Å²) in [5.74, 6) is 0. The molecule has 24 heavy (non-hydrogen) atoms. The Balaban J connectivity index is 2.25. The van der Waals surface area contributed by atoms with E-state index in [4.69, 9.17) is 0 Å². The van der Waals surface area contributed by atoms with Gasteiger partial charge < -0.3 is 4.90 Å². The van der Waals surface area contributed by atoms with Crippen molar-refractivity contribution in [3.8, 4) is 0 Å². The molecule has 2 aromatic carbocycles. The smallest absolute Gasteiger partial charge is 0.365 e. The first kappa shape index (κ1) is 17.5. The van der Waals surface area contributed by atoms with Gasteiger partial charge in [0.05, 0.1) is 10.5 Å². The summed E-state index contributed by atoms with van der Waals surface area (Å²) in [6.45, 7) is 0.180. The van der Waals surface area contributed by atoms with E-state index in [1.807, 2.05) is 0 Å². The lowest BCUT2D eigenvalue weighted by atomic mass is 10.1. The summed E-state index contributed by atoms with van der Waals surface area (Å²) >= 11 is 0. The molecule has 0 saturated heterocycles. The molecule has 0 aliphatic rings. The summed E-state index contributed by atoms with van der Waals surface area (Å²) in [5.41, 5.74) is 0.0161. The molecule has 126 valence electrons. The fourth-order valence-electron chi connectivity index (χ4n) is 2.24. The zero-order chi connectivity index (χ0) is 17.9. The summed E-state index contributed by atoms with van der Waals surface area (Å²) in [5, 5.41) is 11.1. The minimum Gasteiger partial charge on any atom is -0.365 e. The van der Waals surface area contributed by atoms with Crippen LogP contribution in [0.1, 0.15) is 21.5 Å². The van der Waals surface area contributed by atoms with E-state index in [-0.39, 0.29) is 23.5 Å². The van der Waals surface area contributed by atoms with E-state index in [2.05, 4.69) is 0 Å². The van der Waals surface area contributed by atoms with Gasteiger partial charge in [0.25, 0.3) is 5.69 Å². The second-order valence-corrected chi connectivity index (χ2v) is 5.17. The van der Waals surface area contributed by atoms with Crippen LogP contribution in [0.15, 0.2) is 42.5 Å². The molecule has 2 rings (SSSR count). The average Bonchev–Trinajstić information content (AvgIpc) is 2.53. The maximum atomic E-state index is 12.5. The molecular formula is C16H13F3N2O3. The maximum Gasteiger partial charge on any atom is 0.416 e. The highest BCUT2D eigenvalue weighted by atomic mass is 19.4. The Morgan fingerprint density at radius 2 is 1.79 bits per heavy atom. The molecule has 0 aliphatic heterocycles. The van der Waals surface area contributed by atoms with Gasteiger partial charge in [-0.1, -0.05) is 12.1 Å². The molecule has 0 radical (unpaired) electrons. The van der Waals surface area contributed by atoms with Crippen LogP contribution in [0, 0.1) is 10.1 Å². The van der Waals surface area contributed by atoms with Crippen LogP contribution in [0.5, 0.6) is 0 Å². The van der Waals surface area contributed by atoms with Crippen molar-refractivity contribution in [3.63, 3.8) is 0 Å². The Morgan fingerprint density at radius 3 is 2.29 bits per heavy atom. The molecule has 0 unspecified atom stereocenters. The van der Waals surface area contributed by atoms with Crippen molar-refractivity contribution in [3.05, 3.63) is 69.3 Å². The van der Waals surface area contributed by atoms with Crippen LogP contribution in [0.25, 0.3) is 0 Å². The second-order valence-electron chi connectivity index (χ2n) is 5.17. The van der Waals surface area contributed by atoms with Crippen molar-refractivity contribution in [1.29, 1.82) is 0 Å². The van der Waals surface area contributed by atoms with Crippen molar-refractivity contribution >= 4 is 17.7 Å². The van der Waals surface area contributed by atoms with Crippen molar-refractivity contribution in [1.82, 2.24) is 0 Å². The van der Waals surface area contributed by atoms with Gasteiger partial charge in [0.15, 0.2) is 0 Å². The van der Waals surface area contributed by atoms with Gasteiger partial charge in [-0.3, -0.25) is 14.9 Å². The number of carbonyl (C=O) groups is 1. The number of carbonyl (C=O) groups excluding carboxylic acids is 1. The summed E-state index contributed by atoms with van der Waals surface area (Å²) in [6.07, 6.45) is -3.90. The first-order valence-corrected chi connectivity index (χ1v) is 6.83. The van der Waals surface area contributed by atoms with E-state index in [0.29, 0.717) is 11.8 Å². The topological polar surface area (TPSA) is 63.5 Å². The van der Waals surface area contributed by atoms with Crippen LogP contribution in [0.2, 0.25) is 0 Å². The monoisotopic (exact) mass is 338 g/mol. The van der Waals surface area contributed by atoms with Crippen molar-refractivity contribution < 1.29 is 22.9 Å². The number of rotatable bonds is 5. The average molecular weight is 338 g/mol. The van der Waals surface area contributed by atoms with Crippen LogP contribution >= 0.6 is 0 Å². The van der Waals surface area contributed by atoms with Gasteiger partial charge in [-0.05, 0) is 29.8 Å². The van der Waals surface area contributed by atoms with Gasteiger partial charge in [0.1, 0.15) is 12.0 Å². The molecule has 0 fully saturated rings. The number of hydrogen-bond donors (Lipinski definition) is 0. The highest BCUT2D eigenvalue weighted by Crippen LogP contribution is 2.31. The lowest BCUT2D eigenvalue weighted by Crippen LogP contribution is -2.18. The lowest BCUT2D eigenvalue weighted by Gasteiger charge is -2.19. The molecule has 8 heteroatoms. The lowest BCUT2D eigenvalue weighted by molar-refractivity contribution is -0.384. The van der Waals surface area contributed by atoms with E-state index >= 15 is 0 Å². The normalized spacial score (nSPS) is 11.2. The Kier molecular flexibility index (Phi) is 4.87. The van der Waals surface area contributed by atoms with Crippen molar-refractivity contribution in [2.45, 2.75) is 12.7 Å². The van der Waals surface area contributed by atoms with Crippen LogP contribution in [0.4, 0.5) is 24.5 Å². The third-order valence-corrected chi connectivity index (χ3v) is 3.44. The fraction of sp³-hybridized carbons (Fsp3) is 0.188. The minimum atomic E-state index is -4.41. The quantitative estimate of drug-likeness (QED) is 0.468. The number of nitrogens with zero attached hydrogens (tertiary/aromatic N) is 2. The minimum absolute atomic E-state index is 0.174. The van der Waals surface area contributed by atoms with E-state index in [1.54, 1.807) is 7.05 Å². The van der Waals surface area contributed by atoms with Gasteiger partial charge >= 0.3 is 6.18 Å². The molecule has 0 saturated carbocycles. The number of hydrogen-bond acceptors (Lipinski definition) is 4. The molecule has 2 aromatic rings. The molecule has 0 atom stereocenters. The second kappa shape index (κ2) is 6.69. The predicted octanol–water partition coefficient (Wildman–Crippen LogP) is 4.06. The predicted molar refractivity (Wildman–Crippen MR) is 82.0 cm³/mol. The molecular weight excluding hydrogens is 325 g/mol. The molecule has 0 aromatic heterocycles. The Hall–Kier alpha value is -2.90. The van der Waals surface area contributed by atoms with E-state index in [9.17, 15) is 28.1 Å². The van der Waals surface area contributed by atoms with Gasteiger partial charge in [-0.25, -0.2) is 0 Å². The Morgan fingerprint density at radius 1 is 1.17 bits per heavy atom. The molecule has 5 nitrogen and oxygen atoms in total. The highest BCUT2D eigenvalue weighted by molar-refractivity contribution is 5.79. The Bertz CT molecular complexity index is 758. The summed E-state index contributed by atoms with van der Waals surface area (Å²) in [6, 6.07) is 8.62. The van der Waals surface area contributed by atoms with Gasteiger partial charge in [-0.15, -0.1) is 0 Å². The number of aldehydes is 1. The standard InChI is InChI=1S/C16H13F3N2O3/c1-20(9-11-2-5-13(6-3-11)16(17,18)19)14-7-4-12(10-22)8-15(14)21(23)24/h2-8,10H,9H2,1H3. The third-order valence-electron chi connectivity index (χ3n) is 3.44. The van der Waals surface area contributed by atoms with Crippen LogP contribution < -0.4 is 4.90 Å². The van der Waals surface area contributed by atoms with Crippen LogP contribution in [-0.2, 0) is 12.7 Å². The molecule has 0 aliphatic carbocycles. The molecule has 0 amide bonds. The summed E-state index contributed by atoms with van der Waals surface area (Å²) < 4.78 is 37.6. The third kappa shape index (κ3) is 3.89. The highest BCUT2D eigenvalue weighted by Gasteiger charge is 2.30. The molecule has 0 heterocycles. The summed E-state index contributed by atoms with van der Waals surface area (Å²) in [4.78, 5) is 22.8. The number of nitro groups is 1. The molecule has 0 bridgehead atoms. The fourth-order valence-corrected chi connectivity index (χ4v) is 2.24. The van der Waals surface area contributed by atoms with E-state index < -0.39 is 16.7 Å². The van der Waals surface area contributed by atoms with Crippen molar-refractivity contribution in [2.24, 2.45) is 0 Å². The molecule has 0 spiro atoms. The Labute approximate surface area is 135 Å². The largest absolute Gasteiger partial charge is 0.416 e. The first-order chi connectivity index (χ1) is 11.2. The van der Waals surface area contributed by atoms with Crippen LogP contribution in [0.3, 0.4) is 0 Å². The SMILES string of the molecule is CN(Cc1ccc(C(F)(F)F)cc1)c1ccc(C=O)cc1[N+](=O)[O-]. The van der Waals surface area contributed by atoms with Crippen LogP contribution in [-0.4, -0.2) is 18.3 Å².